The number of hydrogen-bond acceptors (Lipinski definition) is 3. The predicted molar refractivity (Wildman–Crippen MR) is 101 cm³/mol. The van der Waals surface area contributed by atoms with Gasteiger partial charge in [0.05, 0.1) is 13.2 Å². The van der Waals surface area contributed by atoms with Crippen molar-refractivity contribution in [1.29, 1.82) is 0 Å². The van der Waals surface area contributed by atoms with Crippen molar-refractivity contribution in [2.75, 3.05) is 54.0 Å². The third kappa shape index (κ3) is 8.34. The number of likely N-dealkylation sites (N-methyl/N-ethyl adjacent to an activating group) is 1. The molecule has 1 aromatic carbocycles. The summed E-state index contributed by atoms with van der Waals surface area (Å²) in [5.41, 5.74) is 1.26. The summed E-state index contributed by atoms with van der Waals surface area (Å²) in [6, 6.07) is 8.39. The molecule has 0 heterocycles. The Morgan fingerprint density at radius 1 is 1.22 bits per heavy atom. The van der Waals surface area contributed by atoms with E-state index in [1.807, 2.05) is 0 Å². The Hall–Kier alpha value is -1.11. The highest BCUT2D eigenvalue weighted by Gasteiger charge is 2.06. The van der Waals surface area contributed by atoms with E-state index in [1.165, 1.54) is 5.56 Å². The highest BCUT2D eigenvalue weighted by molar-refractivity contribution is 9.10. The Labute approximate surface area is 148 Å². The molecule has 0 fully saturated rings. The average Bonchev–Trinajstić information content (AvgIpc) is 2.54. The molecule has 0 bridgehead atoms. The van der Waals surface area contributed by atoms with Crippen molar-refractivity contribution in [3.05, 3.63) is 34.3 Å². The molecule has 0 aliphatic rings. The van der Waals surface area contributed by atoms with E-state index in [2.05, 4.69) is 76.3 Å². The van der Waals surface area contributed by atoms with E-state index < -0.39 is 0 Å². The van der Waals surface area contributed by atoms with Gasteiger partial charge in [0.15, 0.2) is 5.96 Å². The monoisotopic (exact) mass is 384 g/mol. The number of methoxy groups -OCH3 is 1. The zero-order valence-electron chi connectivity index (χ0n) is 14.7. The van der Waals surface area contributed by atoms with Crippen molar-refractivity contribution < 1.29 is 4.74 Å². The summed E-state index contributed by atoms with van der Waals surface area (Å²) in [5.74, 6) is 0.940. The molecule has 130 valence electrons. The number of nitrogens with one attached hydrogen (secondary N) is 1. The number of aliphatic imine (C=N–C) groups is 1. The van der Waals surface area contributed by atoms with Gasteiger partial charge in [0, 0.05) is 44.8 Å². The lowest BCUT2D eigenvalue weighted by atomic mass is 10.2. The van der Waals surface area contributed by atoms with Gasteiger partial charge in [-0.2, -0.15) is 0 Å². The summed E-state index contributed by atoms with van der Waals surface area (Å²) in [6.07, 6.45) is 0. The zero-order valence-corrected chi connectivity index (χ0v) is 16.3. The molecule has 0 saturated heterocycles. The smallest absolute Gasteiger partial charge is 0.194 e. The van der Waals surface area contributed by atoms with Crippen molar-refractivity contribution >= 4 is 21.9 Å². The van der Waals surface area contributed by atoms with Gasteiger partial charge in [0.2, 0.25) is 0 Å². The topological polar surface area (TPSA) is 40.1 Å². The number of hydrogen-bond donors (Lipinski definition) is 1. The molecule has 0 saturated carbocycles. The summed E-state index contributed by atoms with van der Waals surface area (Å²) in [5, 5.41) is 3.35. The summed E-state index contributed by atoms with van der Waals surface area (Å²) >= 11 is 3.47. The molecule has 0 unspecified atom stereocenters. The van der Waals surface area contributed by atoms with Gasteiger partial charge in [-0.3, -0.25) is 4.99 Å². The molecule has 23 heavy (non-hydrogen) atoms. The first-order valence-corrected chi connectivity index (χ1v) is 8.77. The molecule has 0 aliphatic heterocycles. The standard InChI is InChI=1S/C17H29BrN4O/c1-5-19-17(20-10-11-21(2)12-13-23-4)22(3)14-15-6-8-16(18)9-7-15/h6-9H,5,10-14H2,1-4H3,(H,19,20). The minimum absolute atomic E-state index is 0.754. The summed E-state index contributed by atoms with van der Waals surface area (Å²) in [6.45, 7) is 7.16. The predicted octanol–water partition coefficient (Wildman–Crippen LogP) is 2.42. The quantitative estimate of drug-likeness (QED) is 0.524. The first-order valence-electron chi connectivity index (χ1n) is 7.98. The molecule has 0 spiro atoms. The van der Waals surface area contributed by atoms with Crippen LogP contribution in [-0.2, 0) is 11.3 Å². The first-order chi connectivity index (χ1) is 11.1. The number of ether oxygens (including phenoxy) is 1. The first kappa shape index (κ1) is 19.9. The lowest BCUT2D eigenvalue weighted by Gasteiger charge is -2.23. The van der Waals surface area contributed by atoms with Gasteiger partial charge < -0.3 is 19.9 Å². The third-order valence-corrected chi connectivity index (χ3v) is 3.98. The SMILES string of the molecule is CCNC(=NCCN(C)CCOC)N(C)Cc1ccc(Br)cc1. The van der Waals surface area contributed by atoms with Gasteiger partial charge in [-0.25, -0.2) is 0 Å². The van der Waals surface area contributed by atoms with Gasteiger partial charge >= 0.3 is 0 Å². The Morgan fingerprint density at radius 3 is 2.52 bits per heavy atom. The van der Waals surface area contributed by atoms with E-state index in [1.54, 1.807) is 7.11 Å². The van der Waals surface area contributed by atoms with E-state index in [9.17, 15) is 0 Å². The van der Waals surface area contributed by atoms with Crippen LogP contribution in [0.25, 0.3) is 0 Å². The molecule has 0 aliphatic carbocycles. The van der Waals surface area contributed by atoms with Gasteiger partial charge in [-0.05, 0) is 31.7 Å². The molecular weight excluding hydrogens is 356 g/mol. The molecule has 5 nitrogen and oxygen atoms in total. The van der Waals surface area contributed by atoms with Gasteiger partial charge in [0.25, 0.3) is 0 Å². The van der Waals surface area contributed by atoms with Crippen LogP contribution in [0.4, 0.5) is 0 Å². The van der Waals surface area contributed by atoms with Crippen molar-refractivity contribution in [3.63, 3.8) is 0 Å². The summed E-state index contributed by atoms with van der Waals surface area (Å²) < 4.78 is 6.19. The van der Waals surface area contributed by atoms with Gasteiger partial charge in [-0.1, -0.05) is 28.1 Å². The van der Waals surface area contributed by atoms with E-state index in [-0.39, 0.29) is 0 Å². The molecule has 0 atom stereocenters. The number of benzene rings is 1. The fourth-order valence-electron chi connectivity index (χ4n) is 2.09. The van der Waals surface area contributed by atoms with Gasteiger partial charge in [0.1, 0.15) is 0 Å². The molecule has 0 aromatic heterocycles. The van der Waals surface area contributed by atoms with Crippen LogP contribution < -0.4 is 5.32 Å². The van der Waals surface area contributed by atoms with Crippen molar-refractivity contribution in [2.24, 2.45) is 4.99 Å². The molecule has 1 rings (SSSR count). The minimum atomic E-state index is 0.754. The van der Waals surface area contributed by atoms with E-state index in [4.69, 9.17) is 9.73 Å². The van der Waals surface area contributed by atoms with Crippen molar-refractivity contribution in [1.82, 2.24) is 15.1 Å². The molecule has 0 radical (unpaired) electrons. The van der Waals surface area contributed by atoms with Crippen LogP contribution in [0.3, 0.4) is 0 Å². The maximum Gasteiger partial charge on any atom is 0.194 e. The van der Waals surface area contributed by atoms with Crippen LogP contribution in [0.5, 0.6) is 0 Å². The van der Waals surface area contributed by atoms with Crippen molar-refractivity contribution in [2.45, 2.75) is 13.5 Å². The van der Waals surface area contributed by atoms with Gasteiger partial charge in [-0.15, -0.1) is 0 Å². The number of rotatable bonds is 9. The van der Waals surface area contributed by atoms with Crippen LogP contribution in [-0.4, -0.2) is 69.8 Å². The largest absolute Gasteiger partial charge is 0.383 e. The average molecular weight is 385 g/mol. The van der Waals surface area contributed by atoms with Crippen molar-refractivity contribution in [3.8, 4) is 0 Å². The summed E-state index contributed by atoms with van der Waals surface area (Å²) in [7, 11) is 5.89. The van der Waals surface area contributed by atoms with E-state index in [0.29, 0.717) is 0 Å². The fourth-order valence-corrected chi connectivity index (χ4v) is 2.36. The molecule has 0 amide bonds. The Bertz CT molecular complexity index is 464. The lowest BCUT2D eigenvalue weighted by molar-refractivity contribution is 0.163. The second kappa shape index (κ2) is 11.4. The Balaban J connectivity index is 2.54. The second-order valence-corrected chi connectivity index (χ2v) is 6.43. The highest BCUT2D eigenvalue weighted by atomic mass is 79.9. The maximum atomic E-state index is 5.09. The summed E-state index contributed by atoms with van der Waals surface area (Å²) in [4.78, 5) is 9.10. The normalized spacial score (nSPS) is 11.8. The number of nitrogens with zero attached hydrogens (tertiary/aromatic N) is 3. The number of halogens is 1. The van der Waals surface area contributed by atoms with E-state index >= 15 is 0 Å². The molecule has 1 N–H and O–H groups in total. The molecular formula is C17H29BrN4O. The zero-order chi connectivity index (χ0) is 17.1. The second-order valence-electron chi connectivity index (χ2n) is 5.51. The molecule has 6 heteroatoms. The maximum absolute atomic E-state index is 5.09. The fraction of sp³-hybridized carbons (Fsp3) is 0.588. The van der Waals surface area contributed by atoms with Crippen LogP contribution in [0.15, 0.2) is 33.7 Å². The van der Waals surface area contributed by atoms with Crippen LogP contribution >= 0.6 is 15.9 Å². The third-order valence-electron chi connectivity index (χ3n) is 3.45. The Kier molecular flexibility index (Phi) is 9.91. The van der Waals surface area contributed by atoms with Crippen LogP contribution in [0.2, 0.25) is 0 Å². The van der Waals surface area contributed by atoms with Crippen LogP contribution in [0, 0.1) is 0 Å². The minimum Gasteiger partial charge on any atom is -0.383 e. The number of guanidine groups is 1. The van der Waals surface area contributed by atoms with E-state index in [0.717, 1.165) is 49.8 Å². The lowest BCUT2D eigenvalue weighted by Crippen LogP contribution is -2.39. The molecule has 1 aromatic rings. The highest BCUT2D eigenvalue weighted by Crippen LogP contribution is 2.11. The Morgan fingerprint density at radius 2 is 1.91 bits per heavy atom. The van der Waals surface area contributed by atoms with Crippen LogP contribution in [0.1, 0.15) is 12.5 Å².